The molecule has 0 unspecified atom stereocenters. The first-order valence-corrected chi connectivity index (χ1v) is 21.4. The second kappa shape index (κ2) is 23.2. The van der Waals surface area contributed by atoms with Crippen LogP contribution in [0.15, 0.2) is 30.3 Å². The number of aryl methyl sites for hydroxylation is 4. The van der Waals surface area contributed by atoms with Crippen molar-refractivity contribution in [2.75, 3.05) is 0 Å². The third kappa shape index (κ3) is 27.0. The molecule has 52 heavy (non-hydrogen) atoms. The molecule has 0 aliphatic heterocycles. The van der Waals surface area contributed by atoms with Crippen LogP contribution in [0.4, 0.5) is 25.2 Å². The van der Waals surface area contributed by atoms with E-state index in [0.717, 1.165) is 57.1 Å². The average Bonchev–Trinajstić information content (AvgIpc) is 3.02. The maximum atomic E-state index is 12.9. The summed E-state index contributed by atoms with van der Waals surface area (Å²) in [7, 11) is -10.7. The first-order valence-electron chi connectivity index (χ1n) is 19.4. The zero-order valence-electron chi connectivity index (χ0n) is 32.2. The van der Waals surface area contributed by atoms with Crippen molar-refractivity contribution < 1.29 is 48.8 Å². The Bertz CT molecular complexity index is 1320. The van der Waals surface area contributed by atoms with Gasteiger partial charge in [0, 0.05) is 45.2 Å². The number of unbranched alkanes of at least 4 members (excludes halogenated alkanes) is 16. The summed E-state index contributed by atoms with van der Waals surface area (Å²) >= 11 is 0. The van der Waals surface area contributed by atoms with Crippen LogP contribution in [0, 0.1) is 20.8 Å². The van der Waals surface area contributed by atoms with Crippen LogP contribution in [0.1, 0.15) is 165 Å². The summed E-state index contributed by atoms with van der Waals surface area (Å²) < 4.78 is 73.1. The van der Waals surface area contributed by atoms with E-state index >= 15 is 0 Å². The summed E-state index contributed by atoms with van der Waals surface area (Å²) in [6, 6.07) is 10.1. The minimum atomic E-state index is -10.7. The fourth-order valence-electron chi connectivity index (χ4n) is 6.11. The number of benzene rings is 1. The van der Waals surface area contributed by atoms with Crippen molar-refractivity contribution in [3.63, 3.8) is 0 Å². The van der Waals surface area contributed by atoms with Gasteiger partial charge in [-0.3, -0.25) is 9.59 Å². The van der Waals surface area contributed by atoms with Crippen LogP contribution in [0.3, 0.4) is 0 Å². The molecule has 0 bridgehead atoms. The van der Waals surface area contributed by atoms with Gasteiger partial charge in [-0.15, -0.1) is 0 Å². The number of rotatable bonds is 25. The summed E-state index contributed by atoms with van der Waals surface area (Å²) in [5.74, 6) is 0.181. The fourth-order valence-corrected chi connectivity index (χ4v) is 6.11. The van der Waals surface area contributed by atoms with Gasteiger partial charge in [0.25, 0.3) is 0 Å². The number of carbonyl (C=O) groups excluding carboxylic acids is 2. The molecule has 0 radical (unpaired) electrons. The topological polar surface area (TPSA) is 56.5 Å². The van der Waals surface area contributed by atoms with Gasteiger partial charge in [0.05, 0.1) is 0 Å². The van der Waals surface area contributed by atoms with Crippen LogP contribution < -0.4 is 14.0 Å². The quantitative estimate of drug-likeness (QED) is 0.0252. The number of aromatic nitrogens is 1. The third-order valence-electron chi connectivity index (χ3n) is 8.77. The van der Waals surface area contributed by atoms with Crippen LogP contribution in [-0.2, 0) is 22.6 Å². The van der Waals surface area contributed by atoms with Gasteiger partial charge in [0.15, 0.2) is 29.4 Å². The molecule has 2 aromatic rings. The minimum absolute atomic E-state index is 0.258. The number of hydrogen-bond donors (Lipinski definition) is 0. The Morgan fingerprint density at radius 2 is 0.923 bits per heavy atom. The second-order valence-corrected chi connectivity index (χ2v) is 16.0. The van der Waals surface area contributed by atoms with E-state index < -0.39 is 7.81 Å². The van der Waals surface area contributed by atoms with Gasteiger partial charge in [-0.2, -0.15) is 4.57 Å². The van der Waals surface area contributed by atoms with Crippen molar-refractivity contribution in [1.29, 1.82) is 0 Å². The molecule has 300 valence electrons. The number of nitrogens with zero attached hydrogens (tertiary/aromatic N) is 1. The van der Waals surface area contributed by atoms with Gasteiger partial charge in [-0.25, -0.2) is 0 Å². The molecule has 0 saturated heterocycles. The van der Waals surface area contributed by atoms with Crippen molar-refractivity contribution in [2.45, 2.75) is 176 Å². The van der Waals surface area contributed by atoms with Gasteiger partial charge in [-0.05, 0) is 43.0 Å². The molecule has 1 aromatic heterocycles. The SMILES string of the molecule is CCCCCCCCCCCC(=O)Oc1ccc(CC[n+]2c(C)cc(C)cc2C)cc1OC(=O)CCCCCCCCCCC.F[P-](F)(F)(F)(F)F. The maximum absolute atomic E-state index is 12.9. The number of esters is 2. The number of halogens is 6. The zero-order chi connectivity index (χ0) is 39.1. The standard InChI is InChI=1S/C40H64NO4.F6P/c1-6-8-10-12-14-16-18-20-22-24-39(42)44-37-27-26-36(28-29-41-34(4)30-33(3)31-35(41)5)32-38(37)45-40(43)25-23-21-19-17-15-13-11-9-7-2;1-7(2,3,4,5)6/h26-27,30-32H,6-25,28-29H2,1-5H3;/q+1;-1. The van der Waals surface area contributed by atoms with Crippen LogP contribution in [0.2, 0.25) is 0 Å². The third-order valence-corrected chi connectivity index (χ3v) is 8.77. The molecule has 1 heterocycles. The Balaban J connectivity index is 0.00000174. The van der Waals surface area contributed by atoms with Crippen LogP contribution in [0.25, 0.3) is 0 Å². The number of hydrogen-bond acceptors (Lipinski definition) is 4. The summed E-state index contributed by atoms with van der Waals surface area (Å²) in [6.07, 6.45) is 23.1. The van der Waals surface area contributed by atoms with E-state index in [9.17, 15) is 34.8 Å². The molecule has 0 spiro atoms. The predicted octanol–water partition coefficient (Wildman–Crippen LogP) is 14.2. The molecule has 0 aliphatic rings. The molecule has 0 amide bonds. The zero-order valence-corrected chi connectivity index (χ0v) is 33.1. The first-order chi connectivity index (χ1) is 24.3. The van der Waals surface area contributed by atoms with E-state index in [2.05, 4.69) is 51.3 Å². The van der Waals surface area contributed by atoms with Crippen molar-refractivity contribution in [1.82, 2.24) is 0 Å². The molecule has 1 aromatic carbocycles. The molecule has 12 heteroatoms. The molecule has 0 atom stereocenters. The molecule has 0 saturated carbocycles. The predicted molar refractivity (Wildman–Crippen MR) is 200 cm³/mol. The van der Waals surface area contributed by atoms with Gasteiger partial charge < -0.3 is 9.47 Å². The first kappa shape index (κ1) is 47.3. The average molecular weight is 768 g/mol. The van der Waals surface area contributed by atoms with E-state index in [1.165, 1.54) is 94.0 Å². The van der Waals surface area contributed by atoms with Crippen molar-refractivity contribution in [2.24, 2.45) is 0 Å². The van der Waals surface area contributed by atoms with Gasteiger partial charge >= 0.3 is 44.9 Å². The molecular formula is C40H64F6NO4P. The Labute approximate surface area is 308 Å². The normalized spacial score (nSPS) is 12.8. The summed E-state index contributed by atoms with van der Waals surface area (Å²) in [6.45, 7) is 11.7. The number of carbonyl (C=O) groups is 2. The summed E-state index contributed by atoms with van der Waals surface area (Å²) in [5, 5.41) is 0. The molecule has 0 fully saturated rings. The van der Waals surface area contributed by atoms with E-state index in [1.54, 1.807) is 6.07 Å². The molecule has 0 N–H and O–H groups in total. The van der Waals surface area contributed by atoms with Crippen LogP contribution in [-0.4, -0.2) is 11.9 Å². The monoisotopic (exact) mass is 767 g/mol. The van der Waals surface area contributed by atoms with Crippen LogP contribution >= 0.6 is 7.81 Å². The van der Waals surface area contributed by atoms with E-state index in [4.69, 9.17) is 9.47 Å². The fraction of sp³-hybridized carbons (Fsp3) is 0.675. The molecular weight excluding hydrogens is 703 g/mol. The van der Waals surface area contributed by atoms with Crippen molar-refractivity contribution in [3.05, 3.63) is 52.8 Å². The molecule has 2 rings (SSSR count). The Kier molecular flexibility index (Phi) is 21.1. The Hall–Kier alpha value is -2.68. The number of pyridine rings is 1. The van der Waals surface area contributed by atoms with Crippen molar-refractivity contribution >= 4 is 19.7 Å². The Morgan fingerprint density at radius 3 is 1.33 bits per heavy atom. The van der Waals surface area contributed by atoms with Gasteiger partial charge in [0.2, 0.25) is 0 Å². The van der Waals surface area contributed by atoms with Gasteiger partial charge in [-0.1, -0.05) is 123 Å². The molecule has 0 aliphatic carbocycles. The molecule has 5 nitrogen and oxygen atoms in total. The van der Waals surface area contributed by atoms with Crippen LogP contribution in [0.5, 0.6) is 11.5 Å². The Morgan fingerprint density at radius 1 is 0.558 bits per heavy atom. The van der Waals surface area contributed by atoms with Gasteiger partial charge in [0.1, 0.15) is 0 Å². The van der Waals surface area contributed by atoms with E-state index in [0.29, 0.717) is 24.3 Å². The van der Waals surface area contributed by atoms with E-state index in [-0.39, 0.29) is 11.9 Å². The van der Waals surface area contributed by atoms with E-state index in [1.807, 2.05) is 12.1 Å². The number of ether oxygens (including phenoxy) is 2. The summed E-state index contributed by atoms with van der Waals surface area (Å²) in [5.41, 5.74) is 4.76. The summed E-state index contributed by atoms with van der Waals surface area (Å²) in [4.78, 5) is 25.6. The van der Waals surface area contributed by atoms with Crippen molar-refractivity contribution in [3.8, 4) is 11.5 Å². The second-order valence-electron chi connectivity index (χ2n) is 14.1.